The molecule has 1 aromatic rings. The van der Waals surface area contributed by atoms with Gasteiger partial charge in [0.25, 0.3) is 5.92 Å². The standard InChI is InChI=1S/C15H17F4N3O2/c16-13(17)24-12-5-8(1-2-20-12)7-21-14(23)22-11-4-9-3-10(11)15(18,19)6-9/h1-2,5,9-11,13H,3-4,6-7H2,(H2,21,22,23). The molecule has 0 radical (unpaired) electrons. The summed E-state index contributed by atoms with van der Waals surface area (Å²) < 4.78 is 55.8. The average Bonchev–Trinajstić information content (AvgIpc) is 3.00. The maximum absolute atomic E-state index is 13.7. The number of fused-ring (bicyclic) bond motifs is 2. The molecule has 9 heteroatoms. The fourth-order valence-electron chi connectivity index (χ4n) is 3.59. The molecule has 0 aromatic carbocycles. The van der Waals surface area contributed by atoms with Crippen molar-refractivity contribution in [2.45, 2.75) is 44.4 Å². The fourth-order valence-corrected chi connectivity index (χ4v) is 3.59. The van der Waals surface area contributed by atoms with Crippen LogP contribution in [0.2, 0.25) is 0 Å². The number of aromatic nitrogens is 1. The summed E-state index contributed by atoms with van der Waals surface area (Å²) in [5.41, 5.74) is 0.508. The Labute approximate surface area is 135 Å². The Morgan fingerprint density at radius 1 is 1.42 bits per heavy atom. The SMILES string of the molecule is O=C(NCc1ccnc(OC(F)F)c1)NC1CC2CC1C(F)(F)C2. The van der Waals surface area contributed by atoms with Crippen molar-refractivity contribution < 1.29 is 27.1 Å². The van der Waals surface area contributed by atoms with Crippen LogP contribution in [0.3, 0.4) is 0 Å². The average molecular weight is 347 g/mol. The van der Waals surface area contributed by atoms with Crippen molar-refractivity contribution in [3.63, 3.8) is 0 Å². The van der Waals surface area contributed by atoms with E-state index in [1.54, 1.807) is 0 Å². The smallest absolute Gasteiger partial charge is 0.388 e. The molecule has 2 bridgehead atoms. The lowest BCUT2D eigenvalue weighted by Gasteiger charge is -2.29. The number of hydrogen-bond acceptors (Lipinski definition) is 3. The Balaban J connectivity index is 1.50. The second-order valence-electron chi connectivity index (χ2n) is 6.22. The Morgan fingerprint density at radius 2 is 2.21 bits per heavy atom. The predicted molar refractivity (Wildman–Crippen MR) is 75.8 cm³/mol. The number of nitrogens with zero attached hydrogens (tertiary/aromatic N) is 1. The zero-order valence-electron chi connectivity index (χ0n) is 12.6. The van der Waals surface area contributed by atoms with Gasteiger partial charge in [-0.3, -0.25) is 0 Å². The molecular weight excluding hydrogens is 330 g/mol. The van der Waals surface area contributed by atoms with Gasteiger partial charge in [0.2, 0.25) is 5.88 Å². The van der Waals surface area contributed by atoms with Crippen molar-refractivity contribution >= 4 is 6.03 Å². The highest BCUT2D eigenvalue weighted by atomic mass is 19.3. The monoisotopic (exact) mass is 347 g/mol. The third kappa shape index (κ3) is 3.70. The fraction of sp³-hybridized carbons (Fsp3) is 0.600. The zero-order valence-corrected chi connectivity index (χ0v) is 12.6. The largest absolute Gasteiger partial charge is 0.417 e. The molecule has 3 unspecified atom stereocenters. The molecule has 2 amide bonds. The molecule has 2 aliphatic rings. The molecule has 0 saturated heterocycles. The Hall–Kier alpha value is -2.06. The molecule has 2 N–H and O–H groups in total. The summed E-state index contributed by atoms with van der Waals surface area (Å²) in [5.74, 6) is -3.81. The van der Waals surface area contributed by atoms with Crippen molar-refractivity contribution in [2.75, 3.05) is 0 Å². The second kappa shape index (κ2) is 6.45. The lowest BCUT2D eigenvalue weighted by atomic mass is 9.92. The molecular formula is C15H17F4N3O2. The van der Waals surface area contributed by atoms with Gasteiger partial charge in [0.05, 0.1) is 0 Å². The highest BCUT2D eigenvalue weighted by Gasteiger charge is 2.57. The number of carbonyl (C=O) groups is 1. The molecule has 2 aliphatic carbocycles. The van der Waals surface area contributed by atoms with Crippen LogP contribution in [0.1, 0.15) is 24.8 Å². The first kappa shape index (κ1) is 16.8. The van der Waals surface area contributed by atoms with Crippen LogP contribution < -0.4 is 15.4 Å². The van der Waals surface area contributed by atoms with E-state index in [1.807, 2.05) is 0 Å². The summed E-state index contributed by atoms with van der Waals surface area (Å²) in [7, 11) is 0. The van der Waals surface area contributed by atoms with Gasteiger partial charge in [-0.1, -0.05) is 0 Å². The van der Waals surface area contributed by atoms with Crippen LogP contribution in [-0.2, 0) is 6.54 Å². The van der Waals surface area contributed by atoms with E-state index in [0.717, 1.165) is 0 Å². The van der Waals surface area contributed by atoms with Crippen LogP contribution >= 0.6 is 0 Å². The third-order valence-corrected chi connectivity index (χ3v) is 4.54. The van der Waals surface area contributed by atoms with Gasteiger partial charge >= 0.3 is 12.6 Å². The Kier molecular flexibility index (Phi) is 4.51. The van der Waals surface area contributed by atoms with E-state index >= 15 is 0 Å². The van der Waals surface area contributed by atoms with Gasteiger partial charge in [0.1, 0.15) is 0 Å². The minimum Gasteiger partial charge on any atom is -0.417 e. The third-order valence-electron chi connectivity index (χ3n) is 4.54. The van der Waals surface area contributed by atoms with Crippen LogP contribution in [0.25, 0.3) is 0 Å². The summed E-state index contributed by atoms with van der Waals surface area (Å²) in [6.45, 7) is -2.94. The Bertz CT molecular complexity index is 614. The first-order valence-electron chi connectivity index (χ1n) is 7.65. The van der Waals surface area contributed by atoms with Crippen LogP contribution in [0.4, 0.5) is 22.4 Å². The van der Waals surface area contributed by atoms with E-state index in [1.165, 1.54) is 18.3 Å². The van der Waals surface area contributed by atoms with E-state index in [9.17, 15) is 22.4 Å². The van der Waals surface area contributed by atoms with Crippen molar-refractivity contribution in [2.24, 2.45) is 11.8 Å². The minimum absolute atomic E-state index is 0.0375. The molecule has 24 heavy (non-hydrogen) atoms. The van der Waals surface area contributed by atoms with Crippen molar-refractivity contribution in [3.8, 4) is 5.88 Å². The number of carbonyl (C=O) groups excluding carboxylic acids is 1. The van der Waals surface area contributed by atoms with Gasteiger partial charge in [0, 0.05) is 37.2 Å². The van der Waals surface area contributed by atoms with Crippen LogP contribution in [0.15, 0.2) is 18.3 Å². The van der Waals surface area contributed by atoms with Crippen LogP contribution in [0.5, 0.6) is 5.88 Å². The highest BCUT2D eigenvalue weighted by Crippen LogP contribution is 2.53. The van der Waals surface area contributed by atoms with E-state index in [2.05, 4.69) is 20.4 Å². The lowest BCUT2D eigenvalue weighted by Crippen LogP contribution is -2.48. The first-order chi connectivity index (χ1) is 11.3. The number of nitrogens with one attached hydrogen (secondary N) is 2. The maximum atomic E-state index is 13.7. The van der Waals surface area contributed by atoms with Crippen molar-refractivity contribution in [1.29, 1.82) is 0 Å². The number of halogens is 4. The predicted octanol–water partition coefficient (Wildman–Crippen LogP) is 2.92. The number of ether oxygens (including phenoxy) is 1. The molecule has 5 nitrogen and oxygen atoms in total. The topological polar surface area (TPSA) is 63.2 Å². The van der Waals surface area contributed by atoms with Crippen LogP contribution in [0, 0.1) is 11.8 Å². The molecule has 132 valence electrons. The van der Waals surface area contributed by atoms with Gasteiger partial charge < -0.3 is 15.4 Å². The molecule has 0 spiro atoms. The molecule has 3 rings (SSSR count). The van der Waals surface area contributed by atoms with E-state index in [0.29, 0.717) is 18.4 Å². The lowest BCUT2D eigenvalue weighted by molar-refractivity contribution is -0.0610. The quantitative estimate of drug-likeness (QED) is 0.805. The van der Waals surface area contributed by atoms with E-state index in [4.69, 9.17) is 0 Å². The maximum Gasteiger partial charge on any atom is 0.388 e. The number of pyridine rings is 1. The molecule has 3 atom stereocenters. The van der Waals surface area contributed by atoms with E-state index in [-0.39, 0.29) is 24.8 Å². The summed E-state index contributed by atoms with van der Waals surface area (Å²) in [6.07, 6.45) is 2.19. The summed E-state index contributed by atoms with van der Waals surface area (Å²) >= 11 is 0. The van der Waals surface area contributed by atoms with Gasteiger partial charge in [0.15, 0.2) is 0 Å². The second-order valence-corrected chi connectivity index (χ2v) is 6.22. The molecule has 0 aliphatic heterocycles. The van der Waals surface area contributed by atoms with Crippen molar-refractivity contribution in [1.82, 2.24) is 15.6 Å². The zero-order chi connectivity index (χ0) is 17.3. The number of amides is 2. The number of rotatable bonds is 5. The minimum atomic E-state index is -2.98. The summed E-state index contributed by atoms with van der Waals surface area (Å²) in [4.78, 5) is 15.5. The Morgan fingerprint density at radius 3 is 2.88 bits per heavy atom. The van der Waals surface area contributed by atoms with Crippen LogP contribution in [-0.4, -0.2) is 29.6 Å². The number of urea groups is 1. The number of hydrogen-bond donors (Lipinski definition) is 2. The van der Waals surface area contributed by atoms with Gasteiger partial charge in [-0.05, 0) is 30.4 Å². The summed E-state index contributed by atoms with van der Waals surface area (Å²) in [5, 5.41) is 5.11. The van der Waals surface area contributed by atoms with Gasteiger partial charge in [-0.15, -0.1) is 0 Å². The first-order valence-corrected chi connectivity index (χ1v) is 7.65. The van der Waals surface area contributed by atoms with Gasteiger partial charge in [-0.2, -0.15) is 8.78 Å². The molecule has 2 fully saturated rings. The van der Waals surface area contributed by atoms with Gasteiger partial charge in [-0.25, -0.2) is 18.6 Å². The normalized spacial score (nSPS) is 27.3. The highest BCUT2D eigenvalue weighted by molar-refractivity contribution is 5.74. The molecule has 1 aromatic heterocycles. The van der Waals surface area contributed by atoms with Crippen molar-refractivity contribution in [3.05, 3.63) is 23.9 Å². The molecule has 1 heterocycles. The number of alkyl halides is 4. The van der Waals surface area contributed by atoms with E-state index < -0.39 is 30.5 Å². The summed E-state index contributed by atoms with van der Waals surface area (Å²) in [6, 6.07) is 1.72. The molecule has 2 saturated carbocycles.